The average Bonchev–Trinajstić information content (AvgIpc) is 3.28. The molecule has 1 aromatic carbocycles. The number of carbonyl (C=O) groups is 1. The lowest BCUT2D eigenvalue weighted by Gasteiger charge is -2.20. The van der Waals surface area contributed by atoms with E-state index in [1.54, 1.807) is 29.6 Å². The van der Waals surface area contributed by atoms with Crippen LogP contribution in [0.25, 0.3) is 12.3 Å². The van der Waals surface area contributed by atoms with Crippen LogP contribution in [0.4, 0.5) is 0 Å². The van der Waals surface area contributed by atoms with Crippen molar-refractivity contribution in [3.8, 4) is 0 Å². The Kier molecular flexibility index (Phi) is 5.21. The standard InChI is InChI=1S/C22H22N4O2/c23-22(27)21-12-19-14-26(21)11-10-24-9-4-2-1-3-6-17-7-5-8-18-13-25(16-28-19)15-20(17)18/h1-12,15,19H,13-14,16H2,(H2,23,27). The lowest BCUT2D eigenvalue weighted by atomic mass is 10.1. The van der Waals surface area contributed by atoms with Gasteiger partial charge in [0.1, 0.15) is 12.4 Å². The first-order valence-electron chi connectivity index (χ1n) is 9.18. The van der Waals surface area contributed by atoms with Gasteiger partial charge in [-0.15, -0.1) is 0 Å². The van der Waals surface area contributed by atoms with Gasteiger partial charge in [-0.25, -0.2) is 0 Å². The molecule has 4 rings (SSSR count). The third-order valence-electron chi connectivity index (χ3n) is 4.77. The Hall–Kier alpha value is -3.38. The minimum absolute atomic E-state index is 0.207. The maximum absolute atomic E-state index is 11.7. The molecule has 2 N–H and O–H groups in total. The summed E-state index contributed by atoms with van der Waals surface area (Å²) in [6.45, 7) is 1.77. The van der Waals surface area contributed by atoms with Crippen LogP contribution in [-0.4, -0.2) is 41.3 Å². The highest BCUT2D eigenvalue weighted by atomic mass is 16.5. The van der Waals surface area contributed by atoms with Crippen molar-refractivity contribution in [2.75, 3.05) is 13.3 Å². The summed E-state index contributed by atoms with van der Waals surface area (Å²) in [7, 11) is 0. The molecule has 0 radical (unpaired) electrons. The summed E-state index contributed by atoms with van der Waals surface area (Å²) in [5.41, 5.74) is 7.21. The van der Waals surface area contributed by atoms with E-state index in [-0.39, 0.29) is 6.10 Å². The fraction of sp³-hybridized carbons (Fsp3) is 0.182. The minimum Gasteiger partial charge on any atom is -0.364 e. The molecule has 142 valence electrons. The second kappa shape index (κ2) is 8.10. The first-order valence-corrected chi connectivity index (χ1v) is 9.18. The lowest BCUT2D eigenvalue weighted by Crippen LogP contribution is -2.28. The number of nitrogens with zero attached hydrogens (tertiary/aromatic N) is 3. The summed E-state index contributed by atoms with van der Waals surface area (Å²) in [6.07, 6.45) is 18.6. The van der Waals surface area contributed by atoms with E-state index in [0.29, 0.717) is 19.0 Å². The van der Waals surface area contributed by atoms with Crippen LogP contribution in [0.1, 0.15) is 5.56 Å². The Labute approximate surface area is 163 Å². The van der Waals surface area contributed by atoms with Crippen LogP contribution in [0.15, 0.2) is 71.7 Å². The summed E-state index contributed by atoms with van der Waals surface area (Å²) in [6, 6.07) is 6.32. The Balaban J connectivity index is 1.65. The number of benzene rings is 1. The van der Waals surface area contributed by atoms with E-state index in [0.717, 1.165) is 6.54 Å². The van der Waals surface area contributed by atoms with E-state index in [1.165, 1.54) is 16.0 Å². The number of allylic oxidation sites excluding steroid dienone is 4. The molecule has 0 aromatic heterocycles. The van der Waals surface area contributed by atoms with Crippen molar-refractivity contribution in [1.29, 1.82) is 0 Å². The largest absolute Gasteiger partial charge is 0.364 e. The summed E-state index contributed by atoms with van der Waals surface area (Å²) < 4.78 is 6.03. The number of aliphatic imine (C=N–C) groups is 1. The zero-order chi connectivity index (χ0) is 19.3. The summed E-state index contributed by atoms with van der Waals surface area (Å²) in [4.78, 5) is 19.8. The Morgan fingerprint density at radius 1 is 1.21 bits per heavy atom. The van der Waals surface area contributed by atoms with E-state index in [2.05, 4.69) is 40.4 Å². The SMILES string of the molecule is NC(=O)C1=CC2CN1C=CN=CC=CC=CC=c1cccc3c1=CN(CO2)C3. The maximum atomic E-state index is 11.7. The molecular formula is C22H22N4O2. The number of primary amides is 1. The molecule has 6 nitrogen and oxygen atoms in total. The Morgan fingerprint density at radius 2 is 2.11 bits per heavy atom. The van der Waals surface area contributed by atoms with Gasteiger partial charge in [-0.2, -0.15) is 0 Å². The molecule has 28 heavy (non-hydrogen) atoms. The van der Waals surface area contributed by atoms with Crippen LogP contribution >= 0.6 is 0 Å². The molecule has 1 amide bonds. The molecule has 1 atom stereocenters. The van der Waals surface area contributed by atoms with Gasteiger partial charge in [-0.1, -0.05) is 42.5 Å². The molecule has 3 aliphatic rings. The Morgan fingerprint density at radius 3 is 3.00 bits per heavy atom. The summed E-state index contributed by atoms with van der Waals surface area (Å²) in [5, 5.41) is 2.39. The van der Waals surface area contributed by atoms with E-state index >= 15 is 0 Å². The van der Waals surface area contributed by atoms with Gasteiger partial charge in [0.05, 0.1) is 12.6 Å². The van der Waals surface area contributed by atoms with E-state index < -0.39 is 5.91 Å². The van der Waals surface area contributed by atoms with Crippen molar-refractivity contribution in [2.45, 2.75) is 12.6 Å². The van der Waals surface area contributed by atoms with Crippen LogP contribution in [0, 0.1) is 0 Å². The second-order valence-corrected chi connectivity index (χ2v) is 6.73. The van der Waals surface area contributed by atoms with Gasteiger partial charge in [0.25, 0.3) is 5.91 Å². The number of hydrogen-bond acceptors (Lipinski definition) is 5. The van der Waals surface area contributed by atoms with Crippen LogP contribution in [0.2, 0.25) is 0 Å². The maximum Gasteiger partial charge on any atom is 0.265 e. The number of nitrogens with two attached hydrogens (primary N) is 1. The fourth-order valence-electron chi connectivity index (χ4n) is 3.43. The summed E-state index contributed by atoms with van der Waals surface area (Å²) in [5.74, 6) is -0.476. The Bertz CT molecular complexity index is 1030. The number of ether oxygens (including phenoxy) is 1. The molecule has 0 saturated heterocycles. The zero-order valence-electron chi connectivity index (χ0n) is 15.4. The molecule has 3 heterocycles. The minimum atomic E-state index is -0.476. The van der Waals surface area contributed by atoms with Crippen LogP contribution < -0.4 is 16.2 Å². The van der Waals surface area contributed by atoms with Gasteiger partial charge in [0.2, 0.25) is 0 Å². The fourth-order valence-corrected chi connectivity index (χ4v) is 3.43. The quantitative estimate of drug-likeness (QED) is 0.786. The smallest absolute Gasteiger partial charge is 0.265 e. The van der Waals surface area contributed by atoms with Crippen molar-refractivity contribution in [1.82, 2.24) is 9.80 Å². The number of hydrogen-bond donors (Lipinski definition) is 1. The molecule has 3 aliphatic heterocycles. The van der Waals surface area contributed by atoms with Crippen LogP contribution in [0.5, 0.6) is 0 Å². The summed E-state index contributed by atoms with van der Waals surface area (Å²) >= 11 is 0. The van der Waals surface area contributed by atoms with Gasteiger partial charge in [-0.05, 0) is 22.9 Å². The third kappa shape index (κ3) is 3.97. The number of rotatable bonds is 1. The van der Waals surface area contributed by atoms with E-state index in [9.17, 15) is 4.79 Å². The molecule has 1 unspecified atom stereocenters. The molecular weight excluding hydrogens is 352 g/mol. The van der Waals surface area contributed by atoms with Gasteiger partial charge in [-0.3, -0.25) is 9.79 Å². The molecule has 0 saturated carbocycles. The second-order valence-electron chi connectivity index (χ2n) is 6.73. The monoisotopic (exact) mass is 374 g/mol. The topological polar surface area (TPSA) is 71.2 Å². The van der Waals surface area contributed by atoms with Crippen molar-refractivity contribution in [2.24, 2.45) is 10.7 Å². The average molecular weight is 374 g/mol. The van der Waals surface area contributed by atoms with Gasteiger partial charge < -0.3 is 20.3 Å². The normalized spacial score (nSPS) is 21.0. The highest BCUT2D eigenvalue weighted by Gasteiger charge is 2.26. The van der Waals surface area contributed by atoms with Gasteiger partial charge in [0.15, 0.2) is 0 Å². The van der Waals surface area contributed by atoms with Crippen LogP contribution in [0.3, 0.4) is 0 Å². The number of amides is 1. The number of carbonyl (C=O) groups excluding carboxylic acids is 1. The third-order valence-corrected chi connectivity index (χ3v) is 4.77. The highest BCUT2D eigenvalue weighted by Crippen LogP contribution is 2.19. The molecule has 0 spiro atoms. The molecule has 1 aromatic rings. The van der Waals surface area contributed by atoms with Gasteiger partial charge >= 0.3 is 0 Å². The van der Waals surface area contributed by atoms with E-state index in [1.807, 2.05) is 24.3 Å². The van der Waals surface area contributed by atoms with Crippen molar-refractivity contribution >= 4 is 24.4 Å². The first-order chi connectivity index (χ1) is 13.7. The lowest BCUT2D eigenvalue weighted by molar-refractivity contribution is -0.115. The highest BCUT2D eigenvalue weighted by molar-refractivity contribution is 5.92. The van der Waals surface area contributed by atoms with Crippen molar-refractivity contribution in [3.63, 3.8) is 0 Å². The predicted octanol–water partition coefficient (Wildman–Crippen LogP) is 0.716. The predicted molar refractivity (Wildman–Crippen MR) is 110 cm³/mol. The van der Waals surface area contributed by atoms with Crippen molar-refractivity contribution < 1.29 is 9.53 Å². The molecule has 4 bridgehead atoms. The first kappa shape index (κ1) is 18.0. The van der Waals surface area contributed by atoms with Crippen LogP contribution in [-0.2, 0) is 16.1 Å². The zero-order valence-corrected chi connectivity index (χ0v) is 15.4. The number of fused-ring (bicyclic) bond motifs is 3. The molecule has 6 heteroatoms. The molecule has 0 aliphatic carbocycles. The van der Waals surface area contributed by atoms with Gasteiger partial charge in [0, 0.05) is 36.6 Å². The van der Waals surface area contributed by atoms with Crippen molar-refractivity contribution in [3.05, 3.63) is 82.7 Å². The van der Waals surface area contributed by atoms with E-state index in [4.69, 9.17) is 10.5 Å². The molecule has 0 fully saturated rings.